The van der Waals surface area contributed by atoms with E-state index in [9.17, 15) is 9.59 Å². The van der Waals surface area contributed by atoms with Crippen LogP contribution in [0.3, 0.4) is 0 Å². The summed E-state index contributed by atoms with van der Waals surface area (Å²) in [4.78, 5) is 28.4. The maximum absolute atomic E-state index is 13.4. The lowest BCUT2D eigenvalue weighted by atomic mass is 10.0. The highest BCUT2D eigenvalue weighted by Gasteiger charge is 2.35. The van der Waals surface area contributed by atoms with E-state index in [-0.39, 0.29) is 37.0 Å². The maximum atomic E-state index is 13.4. The minimum absolute atomic E-state index is 0.0104. The van der Waals surface area contributed by atoms with E-state index in [1.54, 1.807) is 0 Å². The molecular formula is C23H30N3O3+. The van der Waals surface area contributed by atoms with Crippen molar-refractivity contribution in [1.29, 1.82) is 0 Å². The highest BCUT2D eigenvalue weighted by molar-refractivity contribution is 5.97. The third-order valence-electron chi connectivity index (χ3n) is 5.05. The summed E-state index contributed by atoms with van der Waals surface area (Å²) < 4.78 is 5.95. The summed E-state index contributed by atoms with van der Waals surface area (Å²) in [5.41, 5.74) is 1.81. The number of quaternary nitrogens is 1. The van der Waals surface area contributed by atoms with Crippen molar-refractivity contribution in [3.8, 4) is 5.75 Å². The van der Waals surface area contributed by atoms with E-state index in [0.717, 1.165) is 16.2 Å². The third kappa shape index (κ3) is 5.15. The summed E-state index contributed by atoms with van der Waals surface area (Å²) in [5, 5.41) is 2.91. The molecule has 29 heavy (non-hydrogen) atoms. The molecule has 0 radical (unpaired) electrons. The number of nitrogens with one attached hydrogen (secondary N) is 2. The van der Waals surface area contributed by atoms with Crippen LogP contribution in [-0.2, 0) is 9.59 Å². The van der Waals surface area contributed by atoms with Crippen LogP contribution in [0.4, 0.5) is 5.69 Å². The molecule has 2 aromatic rings. The first-order valence-corrected chi connectivity index (χ1v) is 10.2. The number of amides is 2. The second-order valence-corrected chi connectivity index (χ2v) is 7.65. The van der Waals surface area contributed by atoms with Crippen LogP contribution in [0.25, 0.3) is 0 Å². The van der Waals surface area contributed by atoms with Gasteiger partial charge in [-0.05, 0) is 38.5 Å². The Morgan fingerprint density at radius 3 is 2.48 bits per heavy atom. The highest BCUT2D eigenvalue weighted by Crippen LogP contribution is 2.39. The largest absolute Gasteiger partial charge is 0.489 e. The van der Waals surface area contributed by atoms with E-state index in [2.05, 4.69) is 5.32 Å². The number of para-hydroxylation sites is 2. The molecule has 2 amide bonds. The molecule has 0 aromatic heterocycles. The molecular weight excluding hydrogens is 366 g/mol. The van der Waals surface area contributed by atoms with Gasteiger partial charge in [-0.2, -0.15) is 0 Å². The average molecular weight is 397 g/mol. The van der Waals surface area contributed by atoms with Crippen molar-refractivity contribution in [3.63, 3.8) is 0 Å². The molecule has 2 aromatic carbocycles. The van der Waals surface area contributed by atoms with Gasteiger partial charge in [0.15, 0.2) is 13.1 Å². The van der Waals surface area contributed by atoms with Gasteiger partial charge in [-0.3, -0.25) is 14.5 Å². The molecule has 1 unspecified atom stereocenters. The second-order valence-electron chi connectivity index (χ2n) is 7.65. The summed E-state index contributed by atoms with van der Waals surface area (Å²) >= 11 is 0. The first-order chi connectivity index (χ1) is 14.0. The average Bonchev–Trinajstić information content (AvgIpc) is 2.72. The number of nitrogens with zero attached hydrogens (tertiary/aromatic N) is 1. The Morgan fingerprint density at radius 1 is 1.10 bits per heavy atom. The van der Waals surface area contributed by atoms with Crippen LogP contribution >= 0.6 is 0 Å². The number of carbonyl (C=O) groups is 2. The quantitative estimate of drug-likeness (QED) is 0.747. The van der Waals surface area contributed by atoms with Gasteiger partial charge in [0.2, 0.25) is 0 Å². The SMILES string of the molecule is CC[NH+](CC(=O)NC(C)C)CC(=O)N1c2ccccc2OC[C@@H]1c1ccccc1. The standard InChI is InChI=1S/C23H29N3O3/c1-4-25(14-22(27)24-17(2)3)15-23(28)26-19-12-8-9-13-21(19)29-16-20(26)18-10-6-5-7-11-18/h5-13,17,20H,4,14-16H2,1-3H3,(H,24,27)/p+1/t20-/m1/s1. The maximum Gasteiger partial charge on any atom is 0.282 e. The van der Waals surface area contributed by atoms with Crippen LogP contribution in [0, 0.1) is 0 Å². The van der Waals surface area contributed by atoms with Crippen LogP contribution in [-0.4, -0.2) is 44.1 Å². The van der Waals surface area contributed by atoms with Crippen molar-refractivity contribution < 1.29 is 19.2 Å². The van der Waals surface area contributed by atoms with Crippen LogP contribution < -0.4 is 19.9 Å². The molecule has 0 saturated heterocycles. The zero-order valence-electron chi connectivity index (χ0n) is 17.4. The number of hydrogen-bond donors (Lipinski definition) is 2. The third-order valence-corrected chi connectivity index (χ3v) is 5.05. The Morgan fingerprint density at radius 2 is 1.79 bits per heavy atom. The number of rotatable bonds is 7. The predicted molar refractivity (Wildman–Crippen MR) is 113 cm³/mol. The van der Waals surface area contributed by atoms with Crippen molar-refractivity contribution >= 4 is 17.5 Å². The number of fused-ring (bicyclic) bond motifs is 1. The molecule has 6 nitrogen and oxygen atoms in total. The zero-order valence-corrected chi connectivity index (χ0v) is 17.4. The lowest BCUT2D eigenvalue weighted by molar-refractivity contribution is -0.881. The molecule has 1 aliphatic rings. The fraction of sp³-hybridized carbons (Fsp3) is 0.391. The van der Waals surface area contributed by atoms with Crippen molar-refractivity contribution in [3.05, 3.63) is 60.2 Å². The Labute approximate surface area is 172 Å². The molecule has 0 saturated carbocycles. The summed E-state index contributed by atoms with van der Waals surface area (Å²) in [5.74, 6) is 0.666. The van der Waals surface area contributed by atoms with Gasteiger partial charge in [0.1, 0.15) is 12.4 Å². The van der Waals surface area contributed by atoms with Gasteiger partial charge in [-0.1, -0.05) is 42.5 Å². The van der Waals surface area contributed by atoms with Crippen LogP contribution in [0.2, 0.25) is 0 Å². The predicted octanol–water partition coefficient (Wildman–Crippen LogP) is 1.58. The lowest BCUT2D eigenvalue weighted by Crippen LogP contribution is -3.14. The van der Waals surface area contributed by atoms with Gasteiger partial charge in [-0.15, -0.1) is 0 Å². The van der Waals surface area contributed by atoms with Crippen molar-refractivity contribution in [1.82, 2.24) is 5.32 Å². The number of anilines is 1. The minimum atomic E-state index is -0.193. The summed E-state index contributed by atoms with van der Waals surface area (Å²) in [6.45, 7) is 7.49. The highest BCUT2D eigenvalue weighted by atomic mass is 16.5. The van der Waals surface area contributed by atoms with Crippen molar-refractivity contribution in [2.75, 3.05) is 31.1 Å². The number of carbonyl (C=O) groups excluding carboxylic acids is 2. The molecule has 2 atom stereocenters. The van der Waals surface area contributed by atoms with Gasteiger partial charge in [0.05, 0.1) is 18.3 Å². The normalized spacial score (nSPS) is 16.7. The summed E-state index contributed by atoms with van der Waals surface area (Å²) in [6, 6.07) is 17.5. The molecule has 1 aliphatic heterocycles. The van der Waals surface area contributed by atoms with Gasteiger partial charge in [-0.25, -0.2) is 0 Å². The summed E-state index contributed by atoms with van der Waals surface area (Å²) in [7, 11) is 0. The van der Waals surface area contributed by atoms with E-state index < -0.39 is 0 Å². The van der Waals surface area contributed by atoms with Gasteiger partial charge in [0.25, 0.3) is 11.8 Å². The molecule has 0 fully saturated rings. The molecule has 0 bridgehead atoms. The molecule has 0 aliphatic carbocycles. The molecule has 3 rings (SSSR count). The number of benzene rings is 2. The molecule has 0 spiro atoms. The van der Waals surface area contributed by atoms with E-state index in [0.29, 0.717) is 18.9 Å². The van der Waals surface area contributed by atoms with Gasteiger partial charge >= 0.3 is 0 Å². The van der Waals surface area contributed by atoms with E-state index >= 15 is 0 Å². The fourth-order valence-corrected chi connectivity index (χ4v) is 3.63. The number of likely N-dealkylation sites (N-methyl/N-ethyl adjacent to an activating group) is 1. The lowest BCUT2D eigenvalue weighted by Gasteiger charge is -2.37. The zero-order chi connectivity index (χ0) is 20.8. The van der Waals surface area contributed by atoms with Gasteiger partial charge < -0.3 is 15.0 Å². The number of ether oxygens (including phenoxy) is 1. The van der Waals surface area contributed by atoms with E-state index in [1.165, 1.54) is 0 Å². The van der Waals surface area contributed by atoms with Gasteiger partial charge in [0, 0.05) is 6.04 Å². The second kappa shape index (κ2) is 9.56. The first kappa shape index (κ1) is 20.9. The Bertz CT molecular complexity index is 838. The van der Waals surface area contributed by atoms with Crippen LogP contribution in [0.15, 0.2) is 54.6 Å². The molecule has 1 heterocycles. The molecule has 2 N–H and O–H groups in total. The van der Waals surface area contributed by atoms with Crippen molar-refractivity contribution in [2.45, 2.75) is 32.9 Å². The van der Waals surface area contributed by atoms with Crippen LogP contribution in [0.1, 0.15) is 32.4 Å². The van der Waals surface area contributed by atoms with E-state index in [1.807, 2.05) is 80.3 Å². The minimum Gasteiger partial charge on any atom is -0.489 e. The summed E-state index contributed by atoms with van der Waals surface area (Å²) in [6.07, 6.45) is 0. The Hall–Kier alpha value is -2.86. The Kier molecular flexibility index (Phi) is 6.88. The van der Waals surface area contributed by atoms with Crippen molar-refractivity contribution in [2.24, 2.45) is 0 Å². The monoisotopic (exact) mass is 396 g/mol. The number of hydrogen-bond acceptors (Lipinski definition) is 3. The van der Waals surface area contributed by atoms with E-state index in [4.69, 9.17) is 4.74 Å². The molecule has 154 valence electrons. The van der Waals surface area contributed by atoms with Crippen LogP contribution in [0.5, 0.6) is 5.75 Å². The smallest absolute Gasteiger partial charge is 0.282 e. The molecule has 6 heteroatoms. The topological polar surface area (TPSA) is 63.1 Å². The fourth-order valence-electron chi connectivity index (χ4n) is 3.63. The Balaban J connectivity index is 1.83. The first-order valence-electron chi connectivity index (χ1n) is 10.2.